The summed E-state index contributed by atoms with van der Waals surface area (Å²) in [6, 6.07) is 7.70. The lowest BCUT2D eigenvalue weighted by atomic mass is 10.1. The Morgan fingerprint density at radius 3 is 2.89 bits per heavy atom. The predicted molar refractivity (Wildman–Crippen MR) is 68.1 cm³/mol. The number of aliphatic hydroxyl groups excluding tert-OH is 1. The summed E-state index contributed by atoms with van der Waals surface area (Å²) in [7, 11) is -3.31. The highest BCUT2D eigenvalue weighted by atomic mass is 32.2. The third-order valence-corrected chi connectivity index (χ3v) is 4.25. The molecular weight excluding hydrogens is 254 g/mol. The van der Waals surface area contributed by atoms with Gasteiger partial charge < -0.3 is 9.84 Å². The van der Waals surface area contributed by atoms with Crippen molar-refractivity contribution in [3.63, 3.8) is 0 Å². The van der Waals surface area contributed by atoms with Crippen molar-refractivity contribution in [1.29, 1.82) is 0 Å². The van der Waals surface area contributed by atoms with Gasteiger partial charge in [0.1, 0.15) is 11.9 Å². The Hall–Kier alpha value is -1.11. The zero-order valence-electron chi connectivity index (χ0n) is 10.0. The van der Waals surface area contributed by atoms with Crippen molar-refractivity contribution in [2.45, 2.75) is 18.9 Å². The summed E-state index contributed by atoms with van der Waals surface area (Å²) >= 11 is 0. The first-order chi connectivity index (χ1) is 8.61. The van der Waals surface area contributed by atoms with Gasteiger partial charge in [0.05, 0.1) is 5.75 Å². The summed E-state index contributed by atoms with van der Waals surface area (Å²) in [5.74, 6) is 0.778. The maximum atomic E-state index is 11.5. The van der Waals surface area contributed by atoms with Crippen LogP contribution in [0.3, 0.4) is 0 Å². The molecule has 0 fully saturated rings. The molecule has 0 saturated carbocycles. The standard InChI is InChI=1S/C12H17NO4S/c14-6-3-7-18(15,16)13-9-11-8-10-4-1-2-5-12(10)17-11/h1-2,4-5,11,13-14H,3,6-9H2. The molecular formula is C12H17NO4S. The van der Waals surface area contributed by atoms with Crippen LogP contribution in [0.15, 0.2) is 24.3 Å². The molecule has 2 N–H and O–H groups in total. The van der Waals surface area contributed by atoms with Crippen LogP contribution in [-0.2, 0) is 16.4 Å². The highest BCUT2D eigenvalue weighted by Crippen LogP contribution is 2.27. The van der Waals surface area contributed by atoms with Crippen molar-refractivity contribution in [3.05, 3.63) is 29.8 Å². The monoisotopic (exact) mass is 271 g/mol. The van der Waals surface area contributed by atoms with E-state index in [0.29, 0.717) is 0 Å². The van der Waals surface area contributed by atoms with Gasteiger partial charge in [-0.2, -0.15) is 0 Å². The Kier molecular flexibility index (Phi) is 4.21. The Morgan fingerprint density at radius 1 is 1.39 bits per heavy atom. The number of ether oxygens (including phenoxy) is 1. The van der Waals surface area contributed by atoms with Gasteiger partial charge in [-0.25, -0.2) is 13.1 Å². The lowest BCUT2D eigenvalue weighted by Crippen LogP contribution is -2.35. The van der Waals surface area contributed by atoms with Gasteiger partial charge in [-0.05, 0) is 18.1 Å². The second kappa shape index (κ2) is 5.69. The largest absolute Gasteiger partial charge is 0.488 e. The summed E-state index contributed by atoms with van der Waals surface area (Å²) in [6.45, 7) is 0.148. The van der Waals surface area contributed by atoms with E-state index in [-0.39, 0.29) is 31.4 Å². The SMILES string of the molecule is O=S(=O)(CCCO)NCC1Cc2ccccc2O1. The van der Waals surface area contributed by atoms with E-state index in [4.69, 9.17) is 9.84 Å². The third kappa shape index (κ3) is 3.44. The van der Waals surface area contributed by atoms with Gasteiger partial charge in [0.25, 0.3) is 0 Å². The number of para-hydroxylation sites is 1. The number of benzene rings is 1. The van der Waals surface area contributed by atoms with Gasteiger partial charge in [0.15, 0.2) is 0 Å². The molecule has 0 amide bonds. The fourth-order valence-electron chi connectivity index (χ4n) is 1.91. The Balaban J connectivity index is 1.83. The molecule has 100 valence electrons. The van der Waals surface area contributed by atoms with Gasteiger partial charge in [-0.15, -0.1) is 0 Å². The van der Waals surface area contributed by atoms with Crippen LogP contribution < -0.4 is 9.46 Å². The van der Waals surface area contributed by atoms with Gasteiger partial charge >= 0.3 is 0 Å². The lowest BCUT2D eigenvalue weighted by Gasteiger charge is -2.12. The molecule has 1 unspecified atom stereocenters. The molecule has 1 heterocycles. The molecule has 1 aromatic carbocycles. The number of aliphatic hydroxyl groups is 1. The van der Waals surface area contributed by atoms with Gasteiger partial charge in [-0.1, -0.05) is 18.2 Å². The zero-order chi connectivity index (χ0) is 13.0. The van der Waals surface area contributed by atoms with Crippen LogP contribution in [0.1, 0.15) is 12.0 Å². The van der Waals surface area contributed by atoms with Crippen LogP contribution in [-0.4, -0.2) is 38.5 Å². The maximum absolute atomic E-state index is 11.5. The second-order valence-corrected chi connectivity index (χ2v) is 6.22. The molecule has 0 bridgehead atoms. The average Bonchev–Trinajstić information content (AvgIpc) is 2.77. The fourth-order valence-corrected chi connectivity index (χ4v) is 3.01. The second-order valence-electron chi connectivity index (χ2n) is 4.30. The number of hydrogen-bond donors (Lipinski definition) is 2. The van der Waals surface area contributed by atoms with Gasteiger partial charge in [0, 0.05) is 19.6 Å². The predicted octanol–water partition coefficient (Wildman–Crippen LogP) is 0.292. The van der Waals surface area contributed by atoms with Crippen LogP contribution in [0.4, 0.5) is 0 Å². The molecule has 0 aliphatic carbocycles. The molecule has 0 radical (unpaired) electrons. The molecule has 1 aliphatic rings. The summed E-state index contributed by atoms with van der Waals surface area (Å²) in [5, 5.41) is 8.61. The van der Waals surface area contributed by atoms with E-state index in [1.54, 1.807) is 0 Å². The first-order valence-electron chi connectivity index (χ1n) is 5.93. The highest BCUT2D eigenvalue weighted by molar-refractivity contribution is 7.89. The van der Waals surface area contributed by atoms with E-state index in [1.165, 1.54) is 0 Å². The molecule has 1 aromatic rings. The fraction of sp³-hybridized carbons (Fsp3) is 0.500. The van der Waals surface area contributed by atoms with Crippen molar-refractivity contribution in [3.8, 4) is 5.75 Å². The molecule has 0 aromatic heterocycles. The number of nitrogens with one attached hydrogen (secondary N) is 1. The lowest BCUT2D eigenvalue weighted by molar-refractivity contribution is 0.236. The number of hydrogen-bond acceptors (Lipinski definition) is 4. The van der Waals surface area contributed by atoms with Crippen LogP contribution in [0.5, 0.6) is 5.75 Å². The quantitative estimate of drug-likeness (QED) is 0.780. The van der Waals surface area contributed by atoms with Crippen LogP contribution in [0, 0.1) is 0 Å². The van der Waals surface area contributed by atoms with Crippen LogP contribution >= 0.6 is 0 Å². The smallest absolute Gasteiger partial charge is 0.211 e. The van der Waals surface area contributed by atoms with E-state index in [1.807, 2.05) is 24.3 Å². The van der Waals surface area contributed by atoms with Crippen molar-refractivity contribution in [2.24, 2.45) is 0 Å². The van der Waals surface area contributed by atoms with Crippen LogP contribution in [0.2, 0.25) is 0 Å². The Morgan fingerprint density at radius 2 is 2.17 bits per heavy atom. The molecule has 6 heteroatoms. The minimum atomic E-state index is -3.31. The molecule has 1 aliphatic heterocycles. The minimum Gasteiger partial charge on any atom is -0.488 e. The topological polar surface area (TPSA) is 75.6 Å². The zero-order valence-corrected chi connectivity index (χ0v) is 10.8. The van der Waals surface area contributed by atoms with Crippen molar-refractivity contribution < 1.29 is 18.3 Å². The van der Waals surface area contributed by atoms with E-state index in [0.717, 1.165) is 17.7 Å². The highest BCUT2D eigenvalue weighted by Gasteiger charge is 2.23. The Bertz CT molecular complexity index is 476. The molecule has 2 rings (SSSR count). The molecule has 1 atom stereocenters. The van der Waals surface area contributed by atoms with Crippen molar-refractivity contribution in [2.75, 3.05) is 18.9 Å². The van der Waals surface area contributed by atoms with E-state index in [9.17, 15) is 8.42 Å². The number of rotatable bonds is 6. The van der Waals surface area contributed by atoms with E-state index in [2.05, 4.69) is 4.72 Å². The summed E-state index contributed by atoms with van der Waals surface area (Å²) < 4.78 is 31.2. The third-order valence-electron chi connectivity index (χ3n) is 2.82. The van der Waals surface area contributed by atoms with Gasteiger partial charge in [0.2, 0.25) is 10.0 Å². The molecule has 18 heavy (non-hydrogen) atoms. The van der Waals surface area contributed by atoms with Crippen molar-refractivity contribution in [1.82, 2.24) is 4.72 Å². The van der Waals surface area contributed by atoms with Gasteiger partial charge in [-0.3, -0.25) is 0 Å². The average molecular weight is 271 g/mol. The van der Waals surface area contributed by atoms with E-state index < -0.39 is 10.0 Å². The normalized spacial score (nSPS) is 18.4. The first-order valence-corrected chi connectivity index (χ1v) is 7.59. The maximum Gasteiger partial charge on any atom is 0.211 e. The Labute approximate surface area is 107 Å². The van der Waals surface area contributed by atoms with E-state index >= 15 is 0 Å². The van der Waals surface area contributed by atoms with Crippen molar-refractivity contribution >= 4 is 10.0 Å². The summed E-state index contributed by atoms with van der Waals surface area (Å²) in [4.78, 5) is 0. The number of sulfonamides is 1. The first kappa shape index (κ1) is 13.3. The van der Waals surface area contributed by atoms with Crippen LogP contribution in [0.25, 0.3) is 0 Å². The molecule has 0 spiro atoms. The number of fused-ring (bicyclic) bond motifs is 1. The summed E-state index contributed by atoms with van der Waals surface area (Å²) in [5.41, 5.74) is 1.11. The summed E-state index contributed by atoms with van der Waals surface area (Å²) in [6.07, 6.45) is 0.825. The molecule has 5 nitrogen and oxygen atoms in total. The molecule has 0 saturated heterocycles. The minimum absolute atomic E-state index is 0.0524.